The number of carbonyl (C=O) groups is 1. The average Bonchev–Trinajstić information content (AvgIpc) is 3.40. The van der Waals surface area contributed by atoms with Crippen molar-refractivity contribution >= 4 is 17.5 Å². The fourth-order valence-corrected chi connectivity index (χ4v) is 4.29. The number of nitrogens with zero attached hydrogens (tertiary/aromatic N) is 4. The van der Waals surface area contributed by atoms with Gasteiger partial charge in [0, 0.05) is 0 Å². The van der Waals surface area contributed by atoms with Crippen molar-refractivity contribution in [2.45, 2.75) is 89.4 Å². The Morgan fingerprint density at radius 2 is 2.12 bits per heavy atom. The molecule has 4 heterocycles. The smallest absolute Gasteiger partial charge is 0.431 e. The summed E-state index contributed by atoms with van der Waals surface area (Å²) in [6.07, 6.45) is 1.10. The van der Waals surface area contributed by atoms with E-state index in [-0.39, 0.29) is 11.9 Å². The van der Waals surface area contributed by atoms with Crippen molar-refractivity contribution in [2.24, 2.45) is 0 Å². The molecule has 2 aliphatic rings. The number of aromatic nitrogens is 3. The molecule has 1 unspecified atom stereocenters. The molecule has 11 heteroatoms. The fraction of sp³-hybridized carbons (Fsp3) is 0.636. The number of nitrogen functional groups attached to an aromatic ring is 1. The van der Waals surface area contributed by atoms with Crippen LogP contribution in [-0.4, -0.2) is 50.6 Å². The van der Waals surface area contributed by atoms with Crippen molar-refractivity contribution < 1.29 is 28.5 Å². The molecule has 0 aromatic carbocycles. The van der Waals surface area contributed by atoms with E-state index >= 15 is 0 Å². The molecule has 2 saturated heterocycles. The van der Waals surface area contributed by atoms with Crippen LogP contribution in [0.15, 0.2) is 18.5 Å². The quantitative estimate of drug-likeness (QED) is 0.484. The highest BCUT2D eigenvalue weighted by molar-refractivity contribution is 5.65. The van der Waals surface area contributed by atoms with E-state index < -0.39 is 36.0 Å². The van der Waals surface area contributed by atoms with Gasteiger partial charge in [-0.3, -0.25) is 0 Å². The van der Waals surface area contributed by atoms with Crippen LogP contribution >= 0.6 is 0 Å². The number of nitriles is 1. The summed E-state index contributed by atoms with van der Waals surface area (Å²) in [7, 11) is 0. The van der Waals surface area contributed by atoms with Crippen LogP contribution in [-0.2, 0) is 23.7 Å². The van der Waals surface area contributed by atoms with Gasteiger partial charge in [0.15, 0.2) is 17.7 Å². The SMILES string of the molecule is CCCCCC(C)OC(=O)O[C@@]1(C#N)O[C@@H](c2ccc3c(N)ncnn23)[C@@H]2OC(C)(C)O[C@@H]21. The van der Waals surface area contributed by atoms with Gasteiger partial charge >= 0.3 is 11.9 Å². The molecule has 178 valence electrons. The minimum Gasteiger partial charge on any atom is -0.431 e. The first kappa shape index (κ1) is 23.2. The summed E-state index contributed by atoms with van der Waals surface area (Å²) in [5.74, 6) is -2.80. The molecule has 2 aromatic rings. The number of anilines is 1. The lowest BCUT2D eigenvalue weighted by atomic mass is 10.0. The first-order chi connectivity index (χ1) is 15.7. The maximum atomic E-state index is 12.6. The molecule has 5 atom stereocenters. The van der Waals surface area contributed by atoms with Crippen LogP contribution in [0.2, 0.25) is 0 Å². The highest BCUT2D eigenvalue weighted by atomic mass is 16.9. The number of unbranched alkanes of at least 4 members (excludes halogenated alkanes) is 2. The van der Waals surface area contributed by atoms with Crippen molar-refractivity contribution in [3.05, 3.63) is 24.2 Å². The molecule has 0 bridgehead atoms. The Bertz CT molecular complexity index is 1070. The lowest BCUT2D eigenvalue weighted by Gasteiger charge is -2.28. The molecule has 2 fully saturated rings. The molecular formula is C22H29N5O6. The molecule has 0 aliphatic carbocycles. The number of hydrogen-bond donors (Lipinski definition) is 1. The van der Waals surface area contributed by atoms with Gasteiger partial charge in [-0.2, -0.15) is 10.4 Å². The Kier molecular flexibility index (Phi) is 6.18. The first-order valence-electron chi connectivity index (χ1n) is 11.1. The predicted molar refractivity (Wildman–Crippen MR) is 115 cm³/mol. The molecule has 11 nitrogen and oxygen atoms in total. The van der Waals surface area contributed by atoms with Crippen LogP contribution in [0, 0.1) is 11.3 Å². The van der Waals surface area contributed by atoms with Crippen LogP contribution in [0.1, 0.15) is 65.2 Å². The highest BCUT2D eigenvalue weighted by Gasteiger charge is 2.67. The molecular weight excluding hydrogens is 430 g/mol. The summed E-state index contributed by atoms with van der Waals surface area (Å²) >= 11 is 0. The van der Waals surface area contributed by atoms with Crippen molar-refractivity contribution in [1.82, 2.24) is 14.6 Å². The fourth-order valence-electron chi connectivity index (χ4n) is 4.29. The van der Waals surface area contributed by atoms with E-state index in [0.29, 0.717) is 17.6 Å². The van der Waals surface area contributed by atoms with E-state index in [1.807, 2.05) is 6.07 Å². The van der Waals surface area contributed by atoms with Gasteiger partial charge in [0.1, 0.15) is 36.2 Å². The van der Waals surface area contributed by atoms with E-state index in [1.165, 1.54) is 6.33 Å². The second-order valence-corrected chi connectivity index (χ2v) is 8.82. The molecule has 2 aliphatic heterocycles. The predicted octanol–water partition coefficient (Wildman–Crippen LogP) is 3.24. The number of ether oxygens (including phenoxy) is 5. The summed E-state index contributed by atoms with van der Waals surface area (Å²) in [4.78, 5) is 16.6. The Hall–Kier alpha value is -2.94. The van der Waals surface area contributed by atoms with Crippen molar-refractivity contribution in [2.75, 3.05) is 5.73 Å². The topological polar surface area (TPSA) is 143 Å². The van der Waals surface area contributed by atoms with Gasteiger partial charge in [-0.15, -0.1) is 0 Å². The molecule has 0 radical (unpaired) electrons. The lowest BCUT2D eigenvalue weighted by Crippen LogP contribution is -2.46. The normalized spacial score (nSPS) is 28.9. The average molecular weight is 460 g/mol. The molecule has 2 N–H and O–H groups in total. The van der Waals surface area contributed by atoms with Crippen LogP contribution in [0.3, 0.4) is 0 Å². The summed E-state index contributed by atoms with van der Waals surface area (Å²) in [6.45, 7) is 7.32. The van der Waals surface area contributed by atoms with Crippen LogP contribution in [0.5, 0.6) is 0 Å². The van der Waals surface area contributed by atoms with E-state index in [1.54, 1.807) is 37.4 Å². The van der Waals surface area contributed by atoms with Gasteiger partial charge in [0.2, 0.25) is 0 Å². The number of nitrogens with two attached hydrogens (primary N) is 1. The lowest BCUT2D eigenvalue weighted by molar-refractivity contribution is -0.255. The van der Waals surface area contributed by atoms with Gasteiger partial charge in [-0.25, -0.2) is 14.3 Å². The van der Waals surface area contributed by atoms with E-state index in [4.69, 9.17) is 29.4 Å². The number of fused-ring (bicyclic) bond motifs is 2. The third-order valence-corrected chi connectivity index (χ3v) is 5.81. The third-order valence-electron chi connectivity index (χ3n) is 5.81. The Morgan fingerprint density at radius 3 is 2.85 bits per heavy atom. The van der Waals surface area contributed by atoms with Crippen molar-refractivity contribution in [3.8, 4) is 6.07 Å². The van der Waals surface area contributed by atoms with Crippen molar-refractivity contribution in [1.29, 1.82) is 5.26 Å². The molecule has 4 rings (SSSR count). The summed E-state index contributed by atoms with van der Waals surface area (Å²) < 4.78 is 30.5. The number of rotatable bonds is 7. The Labute approximate surface area is 191 Å². The summed E-state index contributed by atoms with van der Waals surface area (Å²) in [5.41, 5.74) is 7.07. The second kappa shape index (κ2) is 8.78. The van der Waals surface area contributed by atoms with Crippen LogP contribution in [0.25, 0.3) is 5.52 Å². The standard InChI is InChI=1S/C22H29N5O6/c1-5-6-7-8-13(2)29-20(28)33-22(11-23)18-17(30-21(3,4)32-18)16(31-22)14-9-10-15-19(24)25-12-26-27(14)15/h9-10,12-13,16-18H,5-8H2,1-4H3,(H2,24,25,26)/t13?,16-,17-,18-,22+/m0/s1. The zero-order valence-corrected chi connectivity index (χ0v) is 19.2. The Morgan fingerprint density at radius 1 is 1.33 bits per heavy atom. The van der Waals surface area contributed by atoms with Gasteiger partial charge in [0.25, 0.3) is 0 Å². The van der Waals surface area contributed by atoms with Gasteiger partial charge < -0.3 is 29.4 Å². The summed E-state index contributed by atoms with van der Waals surface area (Å²) in [6, 6.07) is 5.47. The molecule has 33 heavy (non-hydrogen) atoms. The van der Waals surface area contributed by atoms with Gasteiger partial charge in [-0.05, 0) is 45.7 Å². The molecule has 0 amide bonds. The zero-order chi connectivity index (χ0) is 23.8. The Balaban J connectivity index is 1.60. The molecule has 0 saturated carbocycles. The minimum atomic E-state index is -2.06. The van der Waals surface area contributed by atoms with Crippen LogP contribution in [0.4, 0.5) is 10.6 Å². The maximum Gasteiger partial charge on any atom is 0.512 e. The van der Waals surface area contributed by atoms with Crippen molar-refractivity contribution in [3.63, 3.8) is 0 Å². The number of carbonyl (C=O) groups excluding carboxylic acids is 1. The highest BCUT2D eigenvalue weighted by Crippen LogP contribution is 2.50. The number of hydrogen-bond acceptors (Lipinski definition) is 10. The zero-order valence-electron chi connectivity index (χ0n) is 19.2. The first-order valence-corrected chi connectivity index (χ1v) is 11.1. The summed E-state index contributed by atoms with van der Waals surface area (Å²) in [5, 5.41) is 14.3. The van der Waals surface area contributed by atoms with Crippen LogP contribution < -0.4 is 5.73 Å². The van der Waals surface area contributed by atoms with E-state index in [2.05, 4.69) is 17.0 Å². The molecule has 2 aromatic heterocycles. The minimum absolute atomic E-state index is 0.290. The third kappa shape index (κ3) is 4.34. The second-order valence-electron chi connectivity index (χ2n) is 8.82. The van der Waals surface area contributed by atoms with Gasteiger partial charge in [-0.1, -0.05) is 19.8 Å². The van der Waals surface area contributed by atoms with E-state index in [0.717, 1.165) is 19.3 Å². The monoisotopic (exact) mass is 459 g/mol. The van der Waals surface area contributed by atoms with E-state index in [9.17, 15) is 10.1 Å². The molecule has 0 spiro atoms. The maximum absolute atomic E-state index is 12.6. The largest absolute Gasteiger partial charge is 0.512 e. The van der Waals surface area contributed by atoms with Gasteiger partial charge in [0.05, 0.1) is 5.69 Å².